The molecule has 0 amide bonds. The summed E-state index contributed by atoms with van der Waals surface area (Å²) in [4.78, 5) is 0. The van der Waals surface area contributed by atoms with Crippen molar-refractivity contribution in [1.82, 2.24) is 16.0 Å². The fourth-order valence-corrected chi connectivity index (χ4v) is 2.41. The summed E-state index contributed by atoms with van der Waals surface area (Å²) in [6.45, 7) is 0. The summed E-state index contributed by atoms with van der Waals surface area (Å²) >= 11 is 0. The largest absolute Gasteiger partial charge is 0.369 e. The van der Waals surface area contributed by atoms with Gasteiger partial charge in [-0.2, -0.15) is 0 Å². The molecule has 0 saturated heterocycles. The van der Waals surface area contributed by atoms with E-state index in [2.05, 4.69) is 45.5 Å². The molecule has 1 unspecified atom stereocenters. The van der Waals surface area contributed by atoms with E-state index in [1.807, 2.05) is 21.1 Å². The van der Waals surface area contributed by atoms with E-state index in [4.69, 9.17) is 0 Å². The summed E-state index contributed by atoms with van der Waals surface area (Å²) in [6, 6.07) is 8.40. The highest BCUT2D eigenvalue weighted by Crippen LogP contribution is 2.34. The molecule has 0 saturated carbocycles. The Bertz CT molecular complexity index is 360. The summed E-state index contributed by atoms with van der Waals surface area (Å²) in [7, 11) is 5.96. The van der Waals surface area contributed by atoms with Gasteiger partial charge in [-0.05, 0) is 27.2 Å². The van der Waals surface area contributed by atoms with Gasteiger partial charge in [0.2, 0.25) is 0 Å². The highest BCUT2D eigenvalue weighted by Gasteiger charge is 2.37. The summed E-state index contributed by atoms with van der Waals surface area (Å²) in [5, 5.41) is 13.5. The standard InChI is InChI=1S/C12H20N4/c1-13-11-8-12(14-2,15-3)9-6-4-5-7-10(9)16-11/h4-7,11,13-16H,8H2,1-3H3. The van der Waals surface area contributed by atoms with E-state index < -0.39 is 0 Å². The third kappa shape index (κ3) is 1.69. The maximum Gasteiger partial charge on any atom is 0.0998 e. The lowest BCUT2D eigenvalue weighted by Gasteiger charge is -2.43. The lowest BCUT2D eigenvalue weighted by atomic mass is 9.89. The molecule has 0 radical (unpaired) electrons. The molecule has 0 fully saturated rings. The van der Waals surface area contributed by atoms with Gasteiger partial charge in [-0.15, -0.1) is 0 Å². The minimum absolute atomic E-state index is 0.157. The molecule has 0 spiro atoms. The number of para-hydroxylation sites is 1. The van der Waals surface area contributed by atoms with Gasteiger partial charge in [-0.1, -0.05) is 18.2 Å². The molecule has 4 N–H and O–H groups in total. The van der Waals surface area contributed by atoms with Crippen molar-refractivity contribution in [2.75, 3.05) is 26.5 Å². The number of fused-ring (bicyclic) bond motifs is 1. The zero-order chi connectivity index (χ0) is 11.6. The van der Waals surface area contributed by atoms with Gasteiger partial charge in [0.1, 0.15) is 0 Å². The maximum atomic E-state index is 3.48. The fourth-order valence-electron chi connectivity index (χ4n) is 2.41. The number of rotatable bonds is 3. The molecule has 1 aromatic rings. The monoisotopic (exact) mass is 220 g/mol. The van der Waals surface area contributed by atoms with Gasteiger partial charge >= 0.3 is 0 Å². The summed E-state index contributed by atoms with van der Waals surface area (Å²) in [5.41, 5.74) is 2.29. The molecule has 0 bridgehead atoms. The summed E-state index contributed by atoms with van der Waals surface area (Å²) in [5.74, 6) is 0. The van der Waals surface area contributed by atoms with Crippen LogP contribution in [0.2, 0.25) is 0 Å². The van der Waals surface area contributed by atoms with Crippen LogP contribution in [-0.4, -0.2) is 27.3 Å². The molecule has 1 aromatic carbocycles. The zero-order valence-corrected chi connectivity index (χ0v) is 10.1. The van der Waals surface area contributed by atoms with Crippen LogP contribution in [-0.2, 0) is 5.66 Å². The second-order valence-electron chi connectivity index (χ2n) is 4.14. The molecule has 0 aromatic heterocycles. The second kappa shape index (κ2) is 4.41. The van der Waals surface area contributed by atoms with E-state index in [9.17, 15) is 0 Å². The molecule has 1 heterocycles. The van der Waals surface area contributed by atoms with Crippen molar-refractivity contribution in [1.29, 1.82) is 0 Å². The van der Waals surface area contributed by atoms with Crippen molar-refractivity contribution in [2.24, 2.45) is 0 Å². The smallest absolute Gasteiger partial charge is 0.0998 e. The van der Waals surface area contributed by atoms with E-state index in [1.54, 1.807) is 0 Å². The van der Waals surface area contributed by atoms with Gasteiger partial charge in [-0.3, -0.25) is 10.6 Å². The normalized spacial score (nSPS) is 22.3. The molecule has 1 atom stereocenters. The van der Waals surface area contributed by atoms with E-state index in [0.29, 0.717) is 0 Å². The minimum atomic E-state index is -0.157. The first-order valence-corrected chi connectivity index (χ1v) is 5.67. The second-order valence-corrected chi connectivity index (χ2v) is 4.14. The molecule has 4 heteroatoms. The molecule has 1 aliphatic rings. The van der Waals surface area contributed by atoms with Gasteiger partial charge in [0.05, 0.1) is 11.8 Å². The van der Waals surface area contributed by atoms with E-state index in [0.717, 1.165) is 6.42 Å². The summed E-state index contributed by atoms with van der Waals surface area (Å²) in [6.07, 6.45) is 1.22. The Labute approximate surface area is 96.8 Å². The number of anilines is 1. The third-order valence-electron chi connectivity index (χ3n) is 3.43. The van der Waals surface area contributed by atoms with Gasteiger partial charge in [0.25, 0.3) is 0 Å². The lowest BCUT2D eigenvalue weighted by Crippen LogP contribution is -2.58. The molecule has 2 rings (SSSR count). The number of hydrogen-bond donors (Lipinski definition) is 4. The summed E-state index contributed by atoms with van der Waals surface area (Å²) < 4.78 is 0. The Morgan fingerprint density at radius 2 is 1.88 bits per heavy atom. The Balaban J connectivity index is 2.46. The first-order valence-electron chi connectivity index (χ1n) is 5.67. The highest BCUT2D eigenvalue weighted by molar-refractivity contribution is 5.57. The average molecular weight is 220 g/mol. The van der Waals surface area contributed by atoms with Crippen LogP contribution in [0.1, 0.15) is 12.0 Å². The first kappa shape index (κ1) is 11.4. The van der Waals surface area contributed by atoms with E-state index in [1.165, 1.54) is 11.3 Å². The number of nitrogens with one attached hydrogen (secondary N) is 4. The van der Waals surface area contributed by atoms with Gasteiger partial charge in [0.15, 0.2) is 0 Å². The zero-order valence-electron chi connectivity index (χ0n) is 10.1. The highest BCUT2D eigenvalue weighted by atomic mass is 15.2. The van der Waals surface area contributed by atoms with Crippen LogP contribution in [0.5, 0.6) is 0 Å². The maximum absolute atomic E-state index is 3.48. The van der Waals surface area contributed by atoms with Crippen molar-refractivity contribution in [3.8, 4) is 0 Å². The Kier molecular flexibility index (Phi) is 3.14. The van der Waals surface area contributed by atoms with Crippen LogP contribution >= 0.6 is 0 Å². The van der Waals surface area contributed by atoms with Crippen LogP contribution in [0.25, 0.3) is 0 Å². The quantitative estimate of drug-likeness (QED) is 0.565. The Morgan fingerprint density at radius 3 is 2.50 bits per heavy atom. The molecule has 0 aliphatic carbocycles. The molecular formula is C12H20N4. The van der Waals surface area contributed by atoms with Crippen molar-refractivity contribution >= 4 is 5.69 Å². The SMILES string of the molecule is CNC1CC(NC)(NC)c2ccccc2N1. The molecular weight excluding hydrogens is 200 g/mol. The van der Waals surface area contributed by atoms with Crippen molar-refractivity contribution < 1.29 is 0 Å². The number of benzene rings is 1. The minimum Gasteiger partial charge on any atom is -0.369 e. The lowest BCUT2D eigenvalue weighted by molar-refractivity contribution is 0.245. The van der Waals surface area contributed by atoms with E-state index >= 15 is 0 Å². The topological polar surface area (TPSA) is 48.1 Å². The van der Waals surface area contributed by atoms with Crippen molar-refractivity contribution in [2.45, 2.75) is 18.2 Å². The first-order chi connectivity index (χ1) is 7.75. The predicted octanol–water partition coefficient (Wildman–Crippen LogP) is 0.639. The molecule has 16 heavy (non-hydrogen) atoms. The third-order valence-corrected chi connectivity index (χ3v) is 3.43. The Hall–Kier alpha value is -1.10. The number of hydrogen-bond acceptors (Lipinski definition) is 4. The van der Waals surface area contributed by atoms with Crippen molar-refractivity contribution in [3.05, 3.63) is 29.8 Å². The van der Waals surface area contributed by atoms with Crippen LogP contribution in [0.3, 0.4) is 0 Å². The predicted molar refractivity (Wildman–Crippen MR) is 67.3 cm³/mol. The van der Waals surface area contributed by atoms with Crippen molar-refractivity contribution in [3.63, 3.8) is 0 Å². The molecule has 1 aliphatic heterocycles. The van der Waals surface area contributed by atoms with Crippen LogP contribution in [0, 0.1) is 0 Å². The molecule has 4 nitrogen and oxygen atoms in total. The van der Waals surface area contributed by atoms with Crippen LogP contribution in [0.4, 0.5) is 5.69 Å². The van der Waals surface area contributed by atoms with Crippen LogP contribution < -0.4 is 21.3 Å². The fraction of sp³-hybridized carbons (Fsp3) is 0.500. The van der Waals surface area contributed by atoms with Crippen LogP contribution in [0.15, 0.2) is 24.3 Å². The van der Waals surface area contributed by atoms with E-state index in [-0.39, 0.29) is 11.8 Å². The molecule has 88 valence electrons. The average Bonchev–Trinajstić information content (AvgIpc) is 2.37. The Morgan fingerprint density at radius 1 is 1.19 bits per heavy atom. The van der Waals surface area contributed by atoms with Gasteiger partial charge < -0.3 is 10.6 Å². The van der Waals surface area contributed by atoms with Gasteiger partial charge in [-0.25, -0.2) is 0 Å². The van der Waals surface area contributed by atoms with Gasteiger partial charge in [0, 0.05) is 17.7 Å².